The largest absolute Gasteiger partial charge is 0.353 e. The average molecular weight is 289 g/mol. The summed E-state index contributed by atoms with van der Waals surface area (Å²) in [4.78, 5) is 11.8. The number of carbonyl (C=O) groups excluding carboxylic acids is 1. The summed E-state index contributed by atoms with van der Waals surface area (Å²) in [5.74, 6) is 0.0602. The van der Waals surface area contributed by atoms with Crippen molar-refractivity contribution in [1.29, 1.82) is 0 Å². The lowest BCUT2D eigenvalue weighted by atomic mass is 10.1. The zero-order chi connectivity index (χ0) is 12.1. The van der Waals surface area contributed by atoms with Crippen LogP contribution in [0.5, 0.6) is 0 Å². The Kier molecular flexibility index (Phi) is 6.47. The first-order valence-electron chi connectivity index (χ1n) is 5.99. The molecule has 0 aromatic heterocycles. The third-order valence-corrected chi connectivity index (χ3v) is 3.38. The Hall–Kier alpha value is -0.770. The first kappa shape index (κ1) is 15.3. The minimum absolute atomic E-state index is 0. The molecule has 5 heteroatoms. The molecule has 18 heavy (non-hydrogen) atoms. The minimum atomic E-state index is 0. The van der Waals surface area contributed by atoms with Crippen molar-refractivity contribution in [3.63, 3.8) is 0 Å². The topological polar surface area (TPSA) is 41.1 Å². The Bertz CT molecular complexity index is 392. The number of benzene rings is 1. The molecule has 1 amide bonds. The van der Waals surface area contributed by atoms with Crippen LogP contribution >= 0.6 is 24.0 Å². The quantitative estimate of drug-likeness (QED) is 0.895. The molecule has 1 saturated heterocycles. The summed E-state index contributed by atoms with van der Waals surface area (Å²) in [6.45, 7) is 1.97. The van der Waals surface area contributed by atoms with E-state index in [9.17, 15) is 4.79 Å². The van der Waals surface area contributed by atoms with Crippen LogP contribution in [0.4, 0.5) is 0 Å². The van der Waals surface area contributed by atoms with Crippen LogP contribution in [0.2, 0.25) is 5.02 Å². The Labute approximate surface area is 119 Å². The predicted octanol–water partition coefficient (Wildman–Crippen LogP) is 2.17. The van der Waals surface area contributed by atoms with E-state index in [0.29, 0.717) is 17.5 Å². The number of hydrogen-bond acceptors (Lipinski definition) is 2. The highest BCUT2D eigenvalue weighted by Gasteiger charge is 2.15. The van der Waals surface area contributed by atoms with Crippen molar-refractivity contribution in [3.05, 3.63) is 34.9 Å². The Morgan fingerprint density at radius 3 is 2.67 bits per heavy atom. The first-order valence-corrected chi connectivity index (χ1v) is 6.37. The van der Waals surface area contributed by atoms with E-state index in [2.05, 4.69) is 10.6 Å². The van der Waals surface area contributed by atoms with Gasteiger partial charge in [-0.3, -0.25) is 4.79 Å². The molecule has 3 nitrogen and oxygen atoms in total. The smallest absolute Gasteiger partial charge is 0.224 e. The van der Waals surface area contributed by atoms with E-state index in [1.54, 1.807) is 0 Å². The normalized spacial score (nSPS) is 15.8. The number of hydrogen-bond donors (Lipinski definition) is 2. The summed E-state index contributed by atoms with van der Waals surface area (Å²) in [6.07, 6.45) is 2.38. The predicted molar refractivity (Wildman–Crippen MR) is 76.4 cm³/mol. The highest BCUT2D eigenvalue weighted by atomic mass is 35.5. The van der Waals surface area contributed by atoms with Gasteiger partial charge in [-0.1, -0.05) is 29.8 Å². The van der Waals surface area contributed by atoms with Crippen molar-refractivity contribution in [1.82, 2.24) is 10.6 Å². The lowest BCUT2D eigenvalue weighted by Crippen LogP contribution is -2.43. The van der Waals surface area contributed by atoms with Crippen molar-refractivity contribution >= 4 is 29.9 Å². The van der Waals surface area contributed by atoms with Gasteiger partial charge < -0.3 is 10.6 Å². The van der Waals surface area contributed by atoms with E-state index in [0.717, 1.165) is 31.5 Å². The molecule has 0 unspecified atom stereocenters. The van der Waals surface area contributed by atoms with Gasteiger partial charge in [0.15, 0.2) is 0 Å². The molecule has 1 aromatic carbocycles. The van der Waals surface area contributed by atoms with E-state index >= 15 is 0 Å². The number of amides is 1. The van der Waals surface area contributed by atoms with Gasteiger partial charge in [-0.05, 0) is 37.6 Å². The molecule has 0 atom stereocenters. The highest BCUT2D eigenvalue weighted by molar-refractivity contribution is 6.31. The number of carbonyl (C=O) groups is 1. The van der Waals surface area contributed by atoms with Gasteiger partial charge >= 0.3 is 0 Å². The monoisotopic (exact) mass is 288 g/mol. The first-order chi connectivity index (χ1) is 8.25. The molecule has 1 heterocycles. The summed E-state index contributed by atoms with van der Waals surface area (Å²) >= 11 is 6.02. The molecular weight excluding hydrogens is 271 g/mol. The summed E-state index contributed by atoms with van der Waals surface area (Å²) in [5.41, 5.74) is 0.889. The van der Waals surface area contributed by atoms with Gasteiger partial charge in [-0.25, -0.2) is 0 Å². The standard InChI is InChI=1S/C13H17ClN2O.ClH/c14-12-4-2-1-3-10(12)9-13(17)16-11-5-7-15-8-6-11;/h1-4,11,15H,5-9H2,(H,16,17);1H. The number of rotatable bonds is 3. The average Bonchev–Trinajstić information content (AvgIpc) is 2.33. The minimum Gasteiger partial charge on any atom is -0.353 e. The highest BCUT2D eigenvalue weighted by Crippen LogP contribution is 2.15. The van der Waals surface area contributed by atoms with E-state index < -0.39 is 0 Å². The fraction of sp³-hybridized carbons (Fsp3) is 0.462. The molecule has 0 spiro atoms. The summed E-state index contributed by atoms with van der Waals surface area (Å²) < 4.78 is 0. The van der Waals surface area contributed by atoms with Crippen molar-refractivity contribution in [2.75, 3.05) is 13.1 Å². The third kappa shape index (κ3) is 4.48. The molecular formula is C13H18Cl2N2O. The second-order valence-electron chi connectivity index (χ2n) is 4.36. The summed E-state index contributed by atoms with van der Waals surface area (Å²) in [5, 5.41) is 6.99. The van der Waals surface area contributed by atoms with E-state index in [-0.39, 0.29) is 18.3 Å². The van der Waals surface area contributed by atoms with Crippen LogP contribution in [0.15, 0.2) is 24.3 Å². The van der Waals surface area contributed by atoms with Crippen molar-refractivity contribution in [2.24, 2.45) is 0 Å². The molecule has 2 N–H and O–H groups in total. The molecule has 1 aromatic rings. The van der Waals surface area contributed by atoms with Crippen molar-refractivity contribution < 1.29 is 4.79 Å². The molecule has 0 radical (unpaired) electrons. The third-order valence-electron chi connectivity index (χ3n) is 3.01. The van der Waals surface area contributed by atoms with Gasteiger partial charge in [0, 0.05) is 11.1 Å². The van der Waals surface area contributed by atoms with Crippen LogP contribution in [0.25, 0.3) is 0 Å². The van der Waals surface area contributed by atoms with E-state index in [1.165, 1.54) is 0 Å². The Balaban J connectivity index is 0.00000162. The second kappa shape index (κ2) is 7.62. The Morgan fingerprint density at radius 2 is 2.00 bits per heavy atom. The van der Waals surface area contributed by atoms with Crippen molar-refractivity contribution in [2.45, 2.75) is 25.3 Å². The van der Waals surface area contributed by atoms with Gasteiger partial charge in [-0.15, -0.1) is 12.4 Å². The SMILES string of the molecule is Cl.O=C(Cc1ccccc1Cl)NC1CCNCC1. The number of nitrogens with one attached hydrogen (secondary N) is 2. The van der Waals surface area contributed by atoms with Crippen LogP contribution in [0, 0.1) is 0 Å². The maximum Gasteiger partial charge on any atom is 0.224 e. The van der Waals surface area contributed by atoms with Gasteiger partial charge in [0.25, 0.3) is 0 Å². The fourth-order valence-corrected chi connectivity index (χ4v) is 2.26. The molecule has 100 valence electrons. The molecule has 0 bridgehead atoms. The van der Waals surface area contributed by atoms with Crippen LogP contribution in [-0.2, 0) is 11.2 Å². The molecule has 0 saturated carbocycles. The van der Waals surface area contributed by atoms with Gasteiger partial charge in [-0.2, -0.15) is 0 Å². The maximum absolute atomic E-state index is 11.8. The van der Waals surface area contributed by atoms with Crippen LogP contribution in [0.1, 0.15) is 18.4 Å². The number of halogens is 2. The zero-order valence-electron chi connectivity index (χ0n) is 10.1. The van der Waals surface area contributed by atoms with Crippen LogP contribution in [-0.4, -0.2) is 25.0 Å². The molecule has 0 aliphatic carbocycles. The second-order valence-corrected chi connectivity index (χ2v) is 4.77. The van der Waals surface area contributed by atoms with E-state index in [1.807, 2.05) is 24.3 Å². The lowest BCUT2D eigenvalue weighted by Gasteiger charge is -2.23. The number of piperidine rings is 1. The van der Waals surface area contributed by atoms with Crippen molar-refractivity contribution in [3.8, 4) is 0 Å². The molecule has 1 aliphatic heterocycles. The van der Waals surface area contributed by atoms with Gasteiger partial charge in [0.05, 0.1) is 6.42 Å². The fourth-order valence-electron chi connectivity index (χ4n) is 2.06. The lowest BCUT2D eigenvalue weighted by molar-refractivity contribution is -0.121. The molecule has 1 fully saturated rings. The summed E-state index contributed by atoms with van der Waals surface area (Å²) in [6, 6.07) is 7.79. The van der Waals surface area contributed by atoms with E-state index in [4.69, 9.17) is 11.6 Å². The molecule has 1 aliphatic rings. The van der Waals surface area contributed by atoms with Gasteiger partial charge in [0.2, 0.25) is 5.91 Å². The summed E-state index contributed by atoms with van der Waals surface area (Å²) in [7, 11) is 0. The van der Waals surface area contributed by atoms with Crippen LogP contribution < -0.4 is 10.6 Å². The zero-order valence-corrected chi connectivity index (χ0v) is 11.7. The van der Waals surface area contributed by atoms with Crippen LogP contribution in [0.3, 0.4) is 0 Å². The Morgan fingerprint density at radius 1 is 1.33 bits per heavy atom. The van der Waals surface area contributed by atoms with Gasteiger partial charge in [0.1, 0.15) is 0 Å². The molecule has 2 rings (SSSR count). The maximum atomic E-state index is 11.8.